The van der Waals surface area contributed by atoms with E-state index in [0.717, 1.165) is 35.4 Å². The lowest BCUT2D eigenvalue weighted by atomic mass is 10.0. The van der Waals surface area contributed by atoms with Crippen LogP contribution in [0.2, 0.25) is 0 Å². The Kier molecular flexibility index (Phi) is 6.14. The topological polar surface area (TPSA) is 92.2 Å². The minimum Gasteiger partial charge on any atom is -0.448 e. The van der Waals surface area contributed by atoms with Gasteiger partial charge >= 0.3 is 6.09 Å². The highest BCUT2D eigenvalue weighted by molar-refractivity contribution is 5.94. The number of para-hydroxylation sites is 1. The van der Waals surface area contributed by atoms with Crippen LogP contribution >= 0.6 is 0 Å². The molecular weight excluding hydrogens is 430 g/mol. The number of rotatable bonds is 6. The number of carbonyl (C=O) groups is 2. The zero-order valence-electron chi connectivity index (χ0n) is 19.1. The van der Waals surface area contributed by atoms with E-state index in [9.17, 15) is 9.59 Å². The molecule has 8 heteroatoms. The van der Waals surface area contributed by atoms with Crippen molar-refractivity contribution in [1.29, 1.82) is 0 Å². The highest BCUT2D eigenvalue weighted by Crippen LogP contribution is 2.26. The SMILES string of the molecule is CCOC(=O)n1nc(C(=O)NCc2ccccc2)c2c1CCN(Cc1c[nH]c3ccccc13)C2. The molecule has 34 heavy (non-hydrogen) atoms. The van der Waals surface area contributed by atoms with Crippen LogP contribution in [0, 0.1) is 0 Å². The molecule has 0 bridgehead atoms. The van der Waals surface area contributed by atoms with Crippen LogP contribution in [0.4, 0.5) is 4.79 Å². The second-order valence-corrected chi connectivity index (χ2v) is 8.37. The molecule has 174 valence electrons. The van der Waals surface area contributed by atoms with Crippen molar-refractivity contribution in [2.45, 2.75) is 33.0 Å². The first-order valence-electron chi connectivity index (χ1n) is 11.5. The van der Waals surface area contributed by atoms with Gasteiger partial charge in [0.1, 0.15) is 0 Å². The van der Waals surface area contributed by atoms with Gasteiger partial charge < -0.3 is 15.0 Å². The Morgan fingerprint density at radius 1 is 1.12 bits per heavy atom. The summed E-state index contributed by atoms with van der Waals surface area (Å²) in [6.07, 6.45) is 2.09. The lowest BCUT2D eigenvalue weighted by molar-refractivity contribution is 0.0943. The predicted molar refractivity (Wildman–Crippen MR) is 128 cm³/mol. The Hall–Kier alpha value is -3.91. The quantitative estimate of drug-likeness (QED) is 0.459. The van der Waals surface area contributed by atoms with E-state index < -0.39 is 6.09 Å². The second-order valence-electron chi connectivity index (χ2n) is 8.37. The lowest BCUT2D eigenvalue weighted by Crippen LogP contribution is -2.32. The van der Waals surface area contributed by atoms with Crippen LogP contribution in [0.1, 0.15) is 39.8 Å². The van der Waals surface area contributed by atoms with Crippen LogP contribution in [0.15, 0.2) is 60.8 Å². The van der Waals surface area contributed by atoms with Crippen molar-refractivity contribution >= 4 is 22.9 Å². The fourth-order valence-electron chi connectivity index (χ4n) is 4.49. The molecule has 0 saturated carbocycles. The van der Waals surface area contributed by atoms with Gasteiger partial charge in [0.05, 0.1) is 12.3 Å². The fraction of sp³-hybridized carbons (Fsp3) is 0.269. The Labute approximate surface area is 197 Å². The maximum Gasteiger partial charge on any atom is 0.434 e. The predicted octanol–water partition coefficient (Wildman–Crippen LogP) is 3.86. The molecule has 1 aliphatic heterocycles. The summed E-state index contributed by atoms with van der Waals surface area (Å²) < 4.78 is 6.45. The molecule has 0 aliphatic carbocycles. The van der Waals surface area contributed by atoms with E-state index in [1.807, 2.05) is 48.7 Å². The molecule has 1 aliphatic rings. The number of aromatic amines is 1. The number of aromatic nitrogens is 3. The lowest BCUT2D eigenvalue weighted by Gasteiger charge is -2.27. The van der Waals surface area contributed by atoms with E-state index in [2.05, 4.69) is 32.4 Å². The Morgan fingerprint density at radius 3 is 2.74 bits per heavy atom. The highest BCUT2D eigenvalue weighted by Gasteiger charge is 2.31. The normalized spacial score (nSPS) is 13.6. The Morgan fingerprint density at radius 2 is 1.91 bits per heavy atom. The summed E-state index contributed by atoms with van der Waals surface area (Å²) in [5.41, 5.74) is 5.11. The summed E-state index contributed by atoms with van der Waals surface area (Å²) in [5, 5.41) is 8.54. The van der Waals surface area contributed by atoms with E-state index in [0.29, 0.717) is 19.5 Å². The van der Waals surface area contributed by atoms with Gasteiger partial charge in [0, 0.05) is 55.3 Å². The number of nitrogens with zero attached hydrogens (tertiary/aromatic N) is 3. The number of hydrogen-bond acceptors (Lipinski definition) is 5. The van der Waals surface area contributed by atoms with E-state index in [4.69, 9.17) is 4.74 Å². The molecular formula is C26H27N5O3. The van der Waals surface area contributed by atoms with Gasteiger partial charge in [-0.2, -0.15) is 9.78 Å². The average Bonchev–Trinajstić information content (AvgIpc) is 3.45. The van der Waals surface area contributed by atoms with Gasteiger partial charge in [-0.1, -0.05) is 48.5 Å². The fourth-order valence-corrected chi connectivity index (χ4v) is 4.49. The molecule has 2 aromatic carbocycles. The molecule has 0 saturated heterocycles. The van der Waals surface area contributed by atoms with Crippen LogP contribution in [0.3, 0.4) is 0 Å². The van der Waals surface area contributed by atoms with Gasteiger partial charge in [-0.25, -0.2) is 4.79 Å². The summed E-state index contributed by atoms with van der Waals surface area (Å²) in [6.45, 7) is 4.41. The van der Waals surface area contributed by atoms with Crippen molar-refractivity contribution in [2.24, 2.45) is 0 Å². The molecule has 0 atom stereocenters. The van der Waals surface area contributed by atoms with Crippen molar-refractivity contribution in [3.63, 3.8) is 0 Å². The van der Waals surface area contributed by atoms with Crippen LogP contribution in [-0.4, -0.2) is 44.8 Å². The molecule has 0 radical (unpaired) electrons. The monoisotopic (exact) mass is 457 g/mol. The average molecular weight is 458 g/mol. The molecule has 3 heterocycles. The molecule has 0 fully saturated rings. The number of ether oxygens (including phenoxy) is 1. The Balaban J connectivity index is 1.40. The zero-order chi connectivity index (χ0) is 23.5. The first-order chi connectivity index (χ1) is 16.6. The first-order valence-corrected chi connectivity index (χ1v) is 11.5. The van der Waals surface area contributed by atoms with E-state index in [-0.39, 0.29) is 18.2 Å². The maximum absolute atomic E-state index is 13.1. The molecule has 0 unspecified atom stereocenters. The first kappa shape index (κ1) is 21.9. The third kappa shape index (κ3) is 4.32. The summed E-state index contributed by atoms with van der Waals surface area (Å²) in [4.78, 5) is 31.3. The van der Waals surface area contributed by atoms with Crippen molar-refractivity contribution in [1.82, 2.24) is 25.0 Å². The third-order valence-corrected chi connectivity index (χ3v) is 6.16. The molecule has 4 aromatic rings. The summed E-state index contributed by atoms with van der Waals surface area (Å²) in [5.74, 6) is -0.294. The van der Waals surface area contributed by atoms with Crippen molar-refractivity contribution in [2.75, 3.05) is 13.2 Å². The maximum atomic E-state index is 13.1. The zero-order valence-corrected chi connectivity index (χ0v) is 19.1. The smallest absolute Gasteiger partial charge is 0.434 e. The molecule has 2 N–H and O–H groups in total. The van der Waals surface area contributed by atoms with Gasteiger partial charge in [-0.3, -0.25) is 9.69 Å². The number of amides is 1. The highest BCUT2D eigenvalue weighted by atomic mass is 16.6. The molecule has 1 amide bonds. The van der Waals surface area contributed by atoms with Crippen molar-refractivity contribution in [3.05, 3.63) is 88.9 Å². The number of nitrogens with one attached hydrogen (secondary N) is 2. The molecule has 8 nitrogen and oxygen atoms in total. The summed E-state index contributed by atoms with van der Waals surface area (Å²) >= 11 is 0. The summed E-state index contributed by atoms with van der Waals surface area (Å²) in [6, 6.07) is 17.9. The minimum atomic E-state index is -0.550. The number of hydrogen-bond donors (Lipinski definition) is 2. The van der Waals surface area contributed by atoms with E-state index >= 15 is 0 Å². The standard InChI is InChI=1S/C26H27N5O3/c1-2-34-26(33)31-23-12-13-30(16-19-15-27-22-11-7-6-10-20(19)22)17-21(23)24(29-31)25(32)28-14-18-8-4-3-5-9-18/h3-11,15,27H,2,12-14,16-17H2,1H3,(H,28,32). The summed E-state index contributed by atoms with van der Waals surface area (Å²) in [7, 11) is 0. The molecule has 2 aromatic heterocycles. The van der Waals surface area contributed by atoms with Crippen LogP contribution < -0.4 is 5.32 Å². The van der Waals surface area contributed by atoms with Gasteiger partial charge in [-0.05, 0) is 24.1 Å². The molecule has 5 rings (SSSR count). The van der Waals surface area contributed by atoms with Gasteiger partial charge in [0.15, 0.2) is 5.69 Å². The van der Waals surface area contributed by atoms with Gasteiger partial charge in [0.2, 0.25) is 0 Å². The number of H-pyrrole nitrogens is 1. The largest absolute Gasteiger partial charge is 0.448 e. The van der Waals surface area contributed by atoms with Gasteiger partial charge in [-0.15, -0.1) is 0 Å². The second kappa shape index (κ2) is 9.52. The van der Waals surface area contributed by atoms with Crippen molar-refractivity contribution < 1.29 is 14.3 Å². The van der Waals surface area contributed by atoms with Crippen molar-refractivity contribution in [3.8, 4) is 0 Å². The minimum absolute atomic E-state index is 0.246. The van der Waals surface area contributed by atoms with Crippen LogP contribution in [0.25, 0.3) is 10.9 Å². The Bertz CT molecular complexity index is 1320. The number of carbonyl (C=O) groups excluding carboxylic acids is 2. The van der Waals surface area contributed by atoms with E-state index in [1.165, 1.54) is 15.6 Å². The van der Waals surface area contributed by atoms with E-state index in [1.54, 1.807) is 6.92 Å². The van der Waals surface area contributed by atoms with Gasteiger partial charge in [0.25, 0.3) is 5.91 Å². The van der Waals surface area contributed by atoms with Crippen LogP contribution in [0.5, 0.6) is 0 Å². The number of benzene rings is 2. The number of fused-ring (bicyclic) bond motifs is 2. The third-order valence-electron chi connectivity index (χ3n) is 6.16. The molecule has 0 spiro atoms. The van der Waals surface area contributed by atoms with Crippen LogP contribution in [-0.2, 0) is 30.8 Å².